The molecule has 0 aliphatic carbocycles. The van der Waals surface area contributed by atoms with E-state index >= 15 is 0 Å². The van der Waals surface area contributed by atoms with E-state index < -0.39 is 7.12 Å². The zero-order valence-corrected chi connectivity index (χ0v) is 12.6. The quantitative estimate of drug-likeness (QED) is 0.656. The molecule has 2 nitrogen and oxygen atoms in total. The third-order valence-corrected chi connectivity index (χ3v) is 4.34. The summed E-state index contributed by atoms with van der Waals surface area (Å²) in [6, 6.07) is 16.0. The van der Waals surface area contributed by atoms with Gasteiger partial charge in [0.2, 0.25) is 0 Å². The van der Waals surface area contributed by atoms with E-state index in [0.29, 0.717) is 11.4 Å². The summed E-state index contributed by atoms with van der Waals surface area (Å²) in [5.74, 6) is 1.27. The van der Waals surface area contributed by atoms with Gasteiger partial charge < -0.3 is 10.0 Å². The van der Waals surface area contributed by atoms with Crippen molar-refractivity contribution >= 4 is 24.3 Å². The van der Waals surface area contributed by atoms with Crippen molar-refractivity contribution in [1.29, 1.82) is 0 Å². The summed E-state index contributed by atoms with van der Waals surface area (Å²) in [6.45, 7) is 4.36. The molecule has 0 unspecified atom stereocenters. The number of rotatable bonds is 5. The van der Waals surface area contributed by atoms with Crippen molar-refractivity contribution < 1.29 is 10.0 Å². The summed E-state index contributed by atoms with van der Waals surface area (Å²) in [6.07, 6.45) is 0. The molecule has 0 spiro atoms. The molecule has 0 aromatic heterocycles. The highest BCUT2D eigenvalue weighted by atomic mass is 32.2. The highest BCUT2D eigenvalue weighted by Crippen LogP contribution is 2.24. The molecule has 2 rings (SSSR count). The maximum absolute atomic E-state index is 9.35. The van der Waals surface area contributed by atoms with Gasteiger partial charge in [-0.1, -0.05) is 50.2 Å². The zero-order chi connectivity index (χ0) is 14.5. The maximum atomic E-state index is 9.35. The molecule has 2 aromatic carbocycles. The van der Waals surface area contributed by atoms with Crippen molar-refractivity contribution in [2.75, 3.05) is 0 Å². The summed E-state index contributed by atoms with van der Waals surface area (Å²) in [4.78, 5) is 1.19. The smallest absolute Gasteiger partial charge is 0.423 e. The molecule has 2 aromatic rings. The molecule has 0 fully saturated rings. The van der Waals surface area contributed by atoms with Gasteiger partial charge in [0.15, 0.2) is 0 Å². The second-order valence-corrected chi connectivity index (χ2v) is 6.13. The first-order chi connectivity index (χ1) is 9.58. The van der Waals surface area contributed by atoms with Gasteiger partial charge >= 0.3 is 7.12 Å². The van der Waals surface area contributed by atoms with Crippen LogP contribution in [0.5, 0.6) is 0 Å². The number of thioether (sulfide) groups is 1. The average Bonchev–Trinajstić information content (AvgIpc) is 2.45. The van der Waals surface area contributed by atoms with Gasteiger partial charge in [-0.2, -0.15) is 0 Å². The third kappa shape index (κ3) is 3.89. The molecule has 0 aliphatic heterocycles. The molecule has 0 saturated carbocycles. The largest absolute Gasteiger partial charge is 0.488 e. The first kappa shape index (κ1) is 15.2. The van der Waals surface area contributed by atoms with Crippen LogP contribution in [0.15, 0.2) is 53.4 Å². The van der Waals surface area contributed by atoms with Crippen LogP contribution in [0.2, 0.25) is 0 Å². The van der Waals surface area contributed by atoms with E-state index in [1.54, 1.807) is 17.8 Å². The SMILES string of the molecule is CC(C)c1ccc(SCc2ccccc2B(O)O)cc1. The Kier molecular flexibility index (Phi) is 5.29. The lowest BCUT2D eigenvalue weighted by Crippen LogP contribution is -2.32. The predicted molar refractivity (Wildman–Crippen MR) is 86.4 cm³/mol. The molecule has 20 heavy (non-hydrogen) atoms. The van der Waals surface area contributed by atoms with Gasteiger partial charge in [0.05, 0.1) is 0 Å². The van der Waals surface area contributed by atoms with Crippen LogP contribution < -0.4 is 5.46 Å². The van der Waals surface area contributed by atoms with E-state index in [4.69, 9.17) is 0 Å². The van der Waals surface area contributed by atoms with E-state index in [2.05, 4.69) is 38.1 Å². The average molecular weight is 286 g/mol. The molecule has 0 aliphatic rings. The van der Waals surface area contributed by atoms with Crippen LogP contribution in [0.1, 0.15) is 30.9 Å². The number of hydrogen-bond acceptors (Lipinski definition) is 3. The fourth-order valence-corrected chi connectivity index (χ4v) is 2.94. The van der Waals surface area contributed by atoms with Crippen LogP contribution in [-0.2, 0) is 5.75 Å². The molecule has 0 bridgehead atoms. The fraction of sp³-hybridized carbons (Fsp3) is 0.250. The Morgan fingerprint density at radius 3 is 2.25 bits per heavy atom. The van der Waals surface area contributed by atoms with Gasteiger partial charge in [-0.25, -0.2) is 0 Å². The second-order valence-electron chi connectivity index (χ2n) is 5.08. The highest BCUT2D eigenvalue weighted by molar-refractivity contribution is 7.98. The lowest BCUT2D eigenvalue weighted by molar-refractivity contribution is 0.425. The Balaban J connectivity index is 2.05. The van der Waals surface area contributed by atoms with Crippen molar-refractivity contribution in [3.05, 3.63) is 59.7 Å². The maximum Gasteiger partial charge on any atom is 0.488 e. The van der Waals surface area contributed by atoms with E-state index in [9.17, 15) is 10.0 Å². The fourth-order valence-electron chi connectivity index (χ4n) is 2.03. The van der Waals surface area contributed by atoms with E-state index in [0.717, 1.165) is 11.3 Å². The summed E-state index contributed by atoms with van der Waals surface area (Å²) in [7, 11) is -1.41. The van der Waals surface area contributed by atoms with Gasteiger partial charge in [-0.05, 0) is 34.6 Å². The zero-order valence-electron chi connectivity index (χ0n) is 11.8. The molecule has 4 heteroatoms. The third-order valence-electron chi connectivity index (χ3n) is 3.27. The first-order valence-corrected chi connectivity index (χ1v) is 7.73. The van der Waals surface area contributed by atoms with Crippen molar-refractivity contribution in [2.24, 2.45) is 0 Å². The molecule has 0 heterocycles. The highest BCUT2D eigenvalue weighted by Gasteiger charge is 2.14. The topological polar surface area (TPSA) is 40.5 Å². The summed E-state index contributed by atoms with van der Waals surface area (Å²) in [5, 5.41) is 18.7. The lowest BCUT2D eigenvalue weighted by atomic mass is 9.77. The van der Waals surface area contributed by atoms with Crippen molar-refractivity contribution in [3.63, 3.8) is 0 Å². The Morgan fingerprint density at radius 1 is 1.00 bits per heavy atom. The van der Waals surface area contributed by atoms with Gasteiger partial charge in [0.1, 0.15) is 0 Å². The van der Waals surface area contributed by atoms with Crippen LogP contribution in [0, 0.1) is 0 Å². The van der Waals surface area contributed by atoms with Gasteiger partial charge in [0, 0.05) is 10.6 Å². The Labute approximate surface area is 125 Å². The molecule has 0 amide bonds. The summed E-state index contributed by atoms with van der Waals surface area (Å²) >= 11 is 1.70. The molecule has 0 atom stereocenters. The number of benzene rings is 2. The molecule has 0 radical (unpaired) electrons. The molecule has 0 saturated heterocycles. The minimum Gasteiger partial charge on any atom is -0.423 e. The van der Waals surface area contributed by atoms with E-state index in [-0.39, 0.29) is 0 Å². The summed E-state index contributed by atoms with van der Waals surface area (Å²) < 4.78 is 0. The minimum atomic E-state index is -1.41. The Morgan fingerprint density at radius 2 is 1.65 bits per heavy atom. The lowest BCUT2D eigenvalue weighted by Gasteiger charge is -2.09. The van der Waals surface area contributed by atoms with Crippen LogP contribution in [0.25, 0.3) is 0 Å². The van der Waals surface area contributed by atoms with E-state index in [1.807, 2.05) is 18.2 Å². The molecule has 104 valence electrons. The Bertz CT molecular complexity index is 553. The second kappa shape index (κ2) is 6.98. The molecule has 2 N–H and O–H groups in total. The van der Waals surface area contributed by atoms with Crippen molar-refractivity contribution in [1.82, 2.24) is 0 Å². The van der Waals surface area contributed by atoms with Crippen LogP contribution in [-0.4, -0.2) is 17.2 Å². The standard InChI is InChI=1S/C16H19BO2S/c1-12(2)13-7-9-15(10-8-13)20-11-14-5-3-4-6-16(14)17(18)19/h3-10,12,18-19H,11H2,1-2H3. The summed E-state index contributed by atoms with van der Waals surface area (Å²) in [5.41, 5.74) is 2.87. The minimum absolute atomic E-state index is 0.541. The monoisotopic (exact) mass is 286 g/mol. The van der Waals surface area contributed by atoms with Gasteiger partial charge in [0.25, 0.3) is 0 Å². The van der Waals surface area contributed by atoms with Crippen LogP contribution in [0.4, 0.5) is 0 Å². The Hall–Kier alpha value is -1.23. The normalized spacial score (nSPS) is 10.8. The number of hydrogen-bond donors (Lipinski definition) is 2. The van der Waals surface area contributed by atoms with Crippen LogP contribution in [0.3, 0.4) is 0 Å². The van der Waals surface area contributed by atoms with E-state index in [1.165, 1.54) is 10.5 Å². The molecular formula is C16H19BO2S. The van der Waals surface area contributed by atoms with Crippen molar-refractivity contribution in [2.45, 2.75) is 30.4 Å². The van der Waals surface area contributed by atoms with Gasteiger partial charge in [-0.15, -0.1) is 11.8 Å². The first-order valence-electron chi connectivity index (χ1n) is 6.74. The predicted octanol–water partition coefficient (Wildman–Crippen LogP) is 2.78. The van der Waals surface area contributed by atoms with Crippen LogP contribution >= 0.6 is 11.8 Å². The van der Waals surface area contributed by atoms with Crippen molar-refractivity contribution in [3.8, 4) is 0 Å². The van der Waals surface area contributed by atoms with Gasteiger partial charge in [-0.3, -0.25) is 0 Å². The molecular weight excluding hydrogens is 267 g/mol.